The number of halogens is 1. The highest BCUT2D eigenvalue weighted by atomic mass is 35.5. The first-order valence-electron chi connectivity index (χ1n) is 7.04. The Morgan fingerprint density at radius 2 is 2.10 bits per heavy atom. The predicted octanol–water partition coefficient (Wildman–Crippen LogP) is 2.53. The van der Waals surface area contributed by atoms with Crippen LogP contribution in [0.15, 0.2) is 29.3 Å². The van der Waals surface area contributed by atoms with E-state index in [2.05, 4.69) is 16.8 Å². The van der Waals surface area contributed by atoms with Gasteiger partial charge in [0.25, 0.3) is 5.56 Å². The van der Waals surface area contributed by atoms with E-state index in [1.54, 1.807) is 17.0 Å². The fraction of sp³-hybridized carbons (Fsp3) is 0.467. The van der Waals surface area contributed by atoms with Crippen molar-refractivity contribution in [2.45, 2.75) is 32.4 Å². The van der Waals surface area contributed by atoms with E-state index in [0.29, 0.717) is 28.5 Å². The quantitative estimate of drug-likeness (QED) is 0.872. The van der Waals surface area contributed by atoms with Crippen LogP contribution >= 0.6 is 11.6 Å². The summed E-state index contributed by atoms with van der Waals surface area (Å²) in [5.41, 5.74) is 0.610. The van der Waals surface area contributed by atoms with Gasteiger partial charge in [0.2, 0.25) is 0 Å². The van der Waals surface area contributed by atoms with E-state index >= 15 is 0 Å². The summed E-state index contributed by atoms with van der Waals surface area (Å²) in [6.07, 6.45) is 4.13. The minimum absolute atomic E-state index is 0.0494. The molecule has 2 heterocycles. The Hall–Kier alpha value is -1.39. The number of benzene rings is 1. The van der Waals surface area contributed by atoms with Gasteiger partial charge in [0.1, 0.15) is 0 Å². The summed E-state index contributed by atoms with van der Waals surface area (Å²) in [6, 6.07) is 5.71. The van der Waals surface area contributed by atoms with E-state index in [-0.39, 0.29) is 5.56 Å². The van der Waals surface area contributed by atoms with Gasteiger partial charge in [-0.05, 0) is 45.0 Å². The molecule has 1 aromatic heterocycles. The fourth-order valence-electron chi connectivity index (χ4n) is 2.87. The predicted molar refractivity (Wildman–Crippen MR) is 81.3 cm³/mol. The van der Waals surface area contributed by atoms with Crippen molar-refractivity contribution in [3.8, 4) is 0 Å². The van der Waals surface area contributed by atoms with Crippen LogP contribution < -0.4 is 5.56 Å². The molecule has 1 fully saturated rings. The average Bonchev–Trinajstić information content (AvgIpc) is 2.96. The number of aromatic nitrogens is 2. The fourth-order valence-corrected chi connectivity index (χ4v) is 3.12. The molecule has 3 rings (SSSR count). The van der Waals surface area contributed by atoms with Gasteiger partial charge < -0.3 is 0 Å². The number of nitrogens with zero attached hydrogens (tertiary/aromatic N) is 3. The molecule has 0 amide bonds. The highest BCUT2D eigenvalue weighted by Gasteiger charge is 2.19. The summed E-state index contributed by atoms with van der Waals surface area (Å²) in [5, 5.41) is 0.994. The van der Waals surface area contributed by atoms with Gasteiger partial charge in [0.15, 0.2) is 0 Å². The van der Waals surface area contributed by atoms with Crippen LogP contribution in [0.2, 0.25) is 5.02 Å². The van der Waals surface area contributed by atoms with Crippen LogP contribution in [0.25, 0.3) is 10.9 Å². The van der Waals surface area contributed by atoms with Crippen molar-refractivity contribution < 1.29 is 0 Å². The molecule has 0 aliphatic carbocycles. The number of hydrogen-bond donors (Lipinski definition) is 0. The smallest absolute Gasteiger partial charge is 0.262 e. The standard InChI is InChI=1S/C15H18ClN3O/c1-11(18-7-2-3-8-18)9-19-10-17-13-6-4-5-12(16)14(13)15(19)20/h4-6,10-11H,2-3,7-9H2,1H3/t11-/m0/s1. The third kappa shape index (κ3) is 2.45. The summed E-state index contributed by atoms with van der Waals surface area (Å²) in [5.74, 6) is 0. The van der Waals surface area contributed by atoms with Crippen molar-refractivity contribution in [3.05, 3.63) is 39.9 Å². The van der Waals surface area contributed by atoms with Crippen molar-refractivity contribution >= 4 is 22.5 Å². The molecule has 5 heteroatoms. The maximum absolute atomic E-state index is 12.5. The topological polar surface area (TPSA) is 38.1 Å². The lowest BCUT2D eigenvalue weighted by Gasteiger charge is -2.24. The van der Waals surface area contributed by atoms with Crippen LogP contribution in [0.4, 0.5) is 0 Å². The van der Waals surface area contributed by atoms with Crippen LogP contribution in [-0.2, 0) is 6.54 Å². The van der Waals surface area contributed by atoms with Gasteiger partial charge in [-0.2, -0.15) is 0 Å². The summed E-state index contributed by atoms with van der Waals surface area (Å²) >= 11 is 6.13. The Bertz CT molecular complexity index is 676. The number of hydrogen-bond acceptors (Lipinski definition) is 3. The first-order chi connectivity index (χ1) is 9.66. The highest BCUT2D eigenvalue weighted by Crippen LogP contribution is 2.18. The lowest BCUT2D eigenvalue weighted by molar-refractivity contribution is 0.234. The van der Waals surface area contributed by atoms with Gasteiger partial charge in [-0.3, -0.25) is 14.3 Å². The Morgan fingerprint density at radius 1 is 1.35 bits per heavy atom. The third-order valence-electron chi connectivity index (χ3n) is 4.03. The Kier molecular flexibility index (Phi) is 3.76. The van der Waals surface area contributed by atoms with E-state index in [0.717, 1.165) is 13.1 Å². The zero-order chi connectivity index (χ0) is 14.1. The molecular weight excluding hydrogens is 274 g/mol. The van der Waals surface area contributed by atoms with Gasteiger partial charge in [-0.15, -0.1) is 0 Å². The molecule has 2 aromatic rings. The van der Waals surface area contributed by atoms with Crippen LogP contribution in [0.5, 0.6) is 0 Å². The van der Waals surface area contributed by atoms with Gasteiger partial charge in [-0.25, -0.2) is 4.98 Å². The van der Waals surface area contributed by atoms with E-state index in [1.165, 1.54) is 12.8 Å². The molecule has 1 aliphatic heterocycles. The minimum atomic E-state index is -0.0494. The molecule has 0 saturated carbocycles. The van der Waals surface area contributed by atoms with Crippen molar-refractivity contribution in [1.82, 2.24) is 14.5 Å². The Labute approximate surface area is 123 Å². The minimum Gasteiger partial charge on any atom is -0.299 e. The molecule has 0 radical (unpaired) electrons. The maximum Gasteiger partial charge on any atom is 0.262 e. The van der Waals surface area contributed by atoms with Gasteiger partial charge in [-0.1, -0.05) is 17.7 Å². The molecule has 0 spiro atoms. The first-order valence-corrected chi connectivity index (χ1v) is 7.42. The molecule has 0 unspecified atom stereocenters. The van der Waals surface area contributed by atoms with Crippen molar-refractivity contribution in [3.63, 3.8) is 0 Å². The second-order valence-electron chi connectivity index (χ2n) is 5.43. The average molecular weight is 292 g/mol. The van der Waals surface area contributed by atoms with Crippen molar-refractivity contribution in [2.24, 2.45) is 0 Å². The zero-order valence-electron chi connectivity index (χ0n) is 11.6. The summed E-state index contributed by atoms with van der Waals surface area (Å²) < 4.78 is 1.68. The molecule has 1 saturated heterocycles. The van der Waals surface area contributed by atoms with Crippen LogP contribution in [0.1, 0.15) is 19.8 Å². The van der Waals surface area contributed by atoms with Gasteiger partial charge >= 0.3 is 0 Å². The van der Waals surface area contributed by atoms with E-state index in [9.17, 15) is 4.79 Å². The molecule has 20 heavy (non-hydrogen) atoms. The number of likely N-dealkylation sites (tertiary alicyclic amines) is 1. The van der Waals surface area contributed by atoms with Gasteiger partial charge in [0.05, 0.1) is 22.3 Å². The van der Waals surface area contributed by atoms with Crippen LogP contribution in [-0.4, -0.2) is 33.6 Å². The monoisotopic (exact) mass is 291 g/mol. The van der Waals surface area contributed by atoms with E-state index in [1.807, 2.05) is 12.1 Å². The largest absolute Gasteiger partial charge is 0.299 e. The maximum atomic E-state index is 12.5. The molecule has 1 aromatic carbocycles. The molecule has 106 valence electrons. The molecule has 0 N–H and O–H groups in total. The number of rotatable bonds is 3. The van der Waals surface area contributed by atoms with E-state index < -0.39 is 0 Å². The van der Waals surface area contributed by atoms with E-state index in [4.69, 9.17) is 11.6 Å². The first kappa shape index (κ1) is 13.6. The Morgan fingerprint density at radius 3 is 2.85 bits per heavy atom. The number of fused-ring (bicyclic) bond motifs is 1. The van der Waals surface area contributed by atoms with Crippen LogP contribution in [0, 0.1) is 0 Å². The van der Waals surface area contributed by atoms with Crippen molar-refractivity contribution in [2.75, 3.05) is 13.1 Å². The SMILES string of the molecule is C[C@@H](Cn1cnc2cccc(Cl)c2c1=O)N1CCCC1. The molecular formula is C15H18ClN3O. The third-order valence-corrected chi connectivity index (χ3v) is 4.34. The summed E-state index contributed by atoms with van der Waals surface area (Å²) in [6.45, 7) is 5.07. The normalized spacial score (nSPS) is 17.7. The molecule has 0 bridgehead atoms. The second-order valence-corrected chi connectivity index (χ2v) is 5.84. The van der Waals surface area contributed by atoms with Crippen molar-refractivity contribution in [1.29, 1.82) is 0 Å². The lowest BCUT2D eigenvalue weighted by atomic mass is 10.2. The lowest BCUT2D eigenvalue weighted by Crippen LogP contribution is -2.36. The van der Waals surface area contributed by atoms with Crippen LogP contribution in [0.3, 0.4) is 0 Å². The summed E-state index contributed by atoms with van der Waals surface area (Å²) in [4.78, 5) is 19.3. The summed E-state index contributed by atoms with van der Waals surface area (Å²) in [7, 11) is 0. The molecule has 4 nitrogen and oxygen atoms in total. The molecule has 1 aliphatic rings. The second kappa shape index (κ2) is 5.54. The molecule has 1 atom stereocenters. The van der Waals surface area contributed by atoms with Gasteiger partial charge in [0, 0.05) is 12.6 Å². The highest BCUT2D eigenvalue weighted by molar-refractivity contribution is 6.35. The zero-order valence-corrected chi connectivity index (χ0v) is 12.3. The Balaban J connectivity index is 1.94.